The largest absolute Gasteiger partial charge is 0.420 e. The molecule has 424 valence electrons. The van der Waals surface area contributed by atoms with Crippen molar-refractivity contribution in [1.82, 2.24) is 34.7 Å². The van der Waals surface area contributed by atoms with E-state index in [1.807, 2.05) is 0 Å². The maximum Gasteiger partial charge on any atom is 0.350 e. The number of aliphatic hydroxyl groups is 2. The second-order valence-electron chi connectivity index (χ2n) is 17.5. The van der Waals surface area contributed by atoms with Gasteiger partial charge in [0.2, 0.25) is 11.0 Å². The monoisotopic (exact) mass is 1130 g/mol. The van der Waals surface area contributed by atoms with E-state index >= 15 is 0 Å². The summed E-state index contributed by atoms with van der Waals surface area (Å²) in [6.07, 6.45) is -1.12. The average molecular weight is 1130 g/mol. The lowest BCUT2D eigenvalue weighted by Crippen LogP contribution is -2.36. The molecule has 2 unspecified atom stereocenters. The van der Waals surface area contributed by atoms with E-state index in [0.29, 0.717) is 128 Å². The summed E-state index contributed by atoms with van der Waals surface area (Å²) >= 11 is 6.42. The summed E-state index contributed by atoms with van der Waals surface area (Å²) in [5, 5.41) is 34.5. The number of ether oxygens (including phenoxy) is 12. The van der Waals surface area contributed by atoms with E-state index in [1.165, 1.54) is 4.68 Å². The van der Waals surface area contributed by atoms with Gasteiger partial charge in [0.25, 0.3) is 0 Å². The van der Waals surface area contributed by atoms with Crippen LogP contribution in [0.5, 0.6) is 5.75 Å². The highest BCUT2D eigenvalue weighted by molar-refractivity contribution is 7.51. The number of halogens is 4. The molecule has 2 aliphatic heterocycles. The Balaban J connectivity index is 0.641. The van der Waals surface area contributed by atoms with Crippen LogP contribution in [0.15, 0.2) is 24.5 Å². The molecule has 7 rings (SSSR count). The first-order chi connectivity index (χ1) is 36.8. The van der Waals surface area contributed by atoms with Crippen molar-refractivity contribution in [2.24, 2.45) is 5.92 Å². The predicted octanol–water partition coefficient (Wildman–Crippen LogP) is 1.57. The minimum atomic E-state index is -4.44. The molecule has 3 fully saturated rings. The quantitative estimate of drug-likeness (QED) is 0.0164. The smallest absolute Gasteiger partial charge is 0.350 e. The van der Waals surface area contributed by atoms with Crippen LogP contribution in [0, 0.1) is 23.4 Å². The van der Waals surface area contributed by atoms with E-state index in [0.717, 1.165) is 12.8 Å². The first kappa shape index (κ1) is 59.5. The maximum atomic E-state index is 13.6. The molecule has 2 saturated heterocycles. The maximum absolute atomic E-state index is 13.6. The molecule has 1 aromatic carbocycles. The van der Waals surface area contributed by atoms with E-state index in [2.05, 4.69) is 35.0 Å². The van der Waals surface area contributed by atoms with E-state index in [1.54, 1.807) is 17.1 Å². The number of esters is 1. The fraction of sp³-hybridized carbons (Fsp3) is 0.689. The summed E-state index contributed by atoms with van der Waals surface area (Å²) in [7, 11) is -4.44. The van der Waals surface area contributed by atoms with Crippen molar-refractivity contribution in [3.8, 4) is 5.75 Å². The first-order valence-corrected chi connectivity index (χ1v) is 26.7. The fourth-order valence-electron chi connectivity index (χ4n) is 8.54. The Labute approximate surface area is 438 Å². The van der Waals surface area contributed by atoms with Crippen molar-refractivity contribution in [3.05, 3.63) is 53.0 Å². The Hall–Kier alpha value is -4.11. The molecule has 0 spiro atoms. The first-order valence-electron chi connectivity index (χ1n) is 24.5. The number of benzene rings is 1. The third kappa shape index (κ3) is 18.0. The second-order valence-corrected chi connectivity index (χ2v) is 19.4. The zero-order valence-electron chi connectivity index (χ0n) is 41.4. The van der Waals surface area contributed by atoms with Crippen LogP contribution in [0.2, 0.25) is 5.28 Å². The molecule has 0 amide bonds. The van der Waals surface area contributed by atoms with Gasteiger partial charge < -0.3 is 81.7 Å². The van der Waals surface area contributed by atoms with Crippen LogP contribution < -0.4 is 9.64 Å². The van der Waals surface area contributed by atoms with Crippen LogP contribution in [-0.2, 0) is 74.6 Å². The molecule has 2 bridgehead atoms. The minimum Gasteiger partial charge on any atom is -0.420 e. The van der Waals surface area contributed by atoms with E-state index in [9.17, 15) is 32.7 Å². The normalized spacial score (nSPS) is 21.5. The number of piperidine rings is 1. The number of anilines is 1. The molecular weight excluding hydrogens is 1060 g/mol. The van der Waals surface area contributed by atoms with Crippen molar-refractivity contribution in [1.29, 1.82) is 0 Å². The molecule has 76 heavy (non-hydrogen) atoms. The lowest BCUT2D eigenvalue weighted by atomic mass is 10.1. The molecule has 4 N–H and O–H groups in total. The van der Waals surface area contributed by atoms with Gasteiger partial charge in [-0.3, -0.25) is 9.36 Å². The SMILES string of the molecule is O=C(CCOCCOCCOCCOCCn1cc(COCCOCCOCCOCCOC2C3CC[C@@H]2CN3c2nc(Cl)nc3c2cnn3[C@@H]2O[C@H](COCP(=O)(O)O)[C@@H](O)[C@H]2O)nn1)Oc1c(F)cc(F)cc1F. The number of rotatable bonds is 37. The van der Waals surface area contributed by atoms with E-state index in [4.69, 9.17) is 73.5 Å². The van der Waals surface area contributed by atoms with E-state index in [-0.39, 0.29) is 68.4 Å². The number of hydrogen-bond donors (Lipinski definition) is 4. The lowest BCUT2D eigenvalue weighted by Gasteiger charge is -2.29. The number of fused-ring (bicyclic) bond motifs is 3. The highest BCUT2D eigenvalue weighted by Crippen LogP contribution is 2.44. The summed E-state index contributed by atoms with van der Waals surface area (Å²) in [6.45, 7) is 6.32. The van der Waals surface area contributed by atoms with Gasteiger partial charge in [0.05, 0.1) is 162 Å². The van der Waals surface area contributed by atoms with Gasteiger partial charge in [0.1, 0.15) is 42.0 Å². The van der Waals surface area contributed by atoms with Gasteiger partial charge in [-0.25, -0.2) is 22.5 Å². The van der Waals surface area contributed by atoms with Crippen LogP contribution in [0.3, 0.4) is 0 Å². The lowest BCUT2D eigenvalue weighted by molar-refractivity contribution is -0.136. The number of carbonyl (C=O) groups is 1. The molecule has 7 atom stereocenters. The summed E-state index contributed by atoms with van der Waals surface area (Å²) in [6, 6.07) is 0.854. The third-order valence-corrected chi connectivity index (χ3v) is 12.7. The molecule has 4 aromatic rings. The minimum absolute atomic E-state index is 0.0188. The number of hydrogen-bond acceptors (Lipinski definition) is 22. The molecule has 3 aromatic heterocycles. The topological polar surface area (TPSA) is 303 Å². The van der Waals surface area contributed by atoms with Gasteiger partial charge in [0, 0.05) is 24.6 Å². The summed E-state index contributed by atoms with van der Waals surface area (Å²) < 4.78 is 120. The average Bonchev–Trinajstić information content (AvgIpc) is 4.25. The Morgan fingerprint density at radius 1 is 0.776 bits per heavy atom. The zero-order chi connectivity index (χ0) is 53.9. The number of carbonyl (C=O) groups excluding carboxylic acids is 1. The highest BCUT2D eigenvalue weighted by atomic mass is 35.5. The molecular formula is C45H63ClF3N8O18P. The molecule has 0 radical (unpaired) electrons. The number of nitrogens with zero attached hydrogens (tertiary/aromatic N) is 8. The predicted molar refractivity (Wildman–Crippen MR) is 255 cm³/mol. The van der Waals surface area contributed by atoms with Gasteiger partial charge in [0.15, 0.2) is 23.5 Å². The Bertz CT molecular complexity index is 2450. The molecule has 3 aliphatic rings. The van der Waals surface area contributed by atoms with Gasteiger partial charge in [-0.05, 0) is 24.4 Å². The van der Waals surface area contributed by atoms with Crippen molar-refractivity contribution < 1.29 is 99.4 Å². The molecule has 31 heteroatoms. The summed E-state index contributed by atoms with van der Waals surface area (Å²) in [5.74, 6) is -4.82. The Morgan fingerprint density at radius 2 is 1.38 bits per heavy atom. The van der Waals surface area contributed by atoms with Gasteiger partial charge >= 0.3 is 13.6 Å². The van der Waals surface area contributed by atoms with Gasteiger partial charge in [-0.15, -0.1) is 5.10 Å². The molecule has 1 saturated carbocycles. The third-order valence-electron chi connectivity index (χ3n) is 12.0. The summed E-state index contributed by atoms with van der Waals surface area (Å²) in [5.41, 5.74) is 0.945. The summed E-state index contributed by atoms with van der Waals surface area (Å²) in [4.78, 5) is 41.0. The van der Waals surface area contributed by atoms with Crippen molar-refractivity contribution in [2.45, 2.75) is 69.1 Å². The Kier molecular flexibility index (Phi) is 23.7. The zero-order valence-corrected chi connectivity index (χ0v) is 43.0. The second kappa shape index (κ2) is 30.3. The van der Waals surface area contributed by atoms with Gasteiger partial charge in [-0.2, -0.15) is 15.1 Å². The van der Waals surface area contributed by atoms with Crippen LogP contribution in [0.1, 0.15) is 31.2 Å². The van der Waals surface area contributed by atoms with Crippen LogP contribution in [0.25, 0.3) is 11.0 Å². The fourth-order valence-corrected chi connectivity index (χ4v) is 9.05. The number of aromatic nitrogens is 7. The van der Waals surface area contributed by atoms with Crippen LogP contribution in [-0.4, -0.2) is 216 Å². The van der Waals surface area contributed by atoms with Crippen molar-refractivity contribution >= 4 is 42.0 Å². The van der Waals surface area contributed by atoms with E-state index < -0.39 is 67.7 Å². The van der Waals surface area contributed by atoms with Gasteiger partial charge in [-0.1, -0.05) is 5.21 Å². The standard InChI is InChI=1S/C45H63ClF3N8O18P/c46-45-51-42(32-23-50-57(43(32)52-45)44-39(60)38(59)36(74-44)27-72-28-76(61,62)63)56-24-29-1-2-35(56)40(29)73-20-19-70-16-15-68-13-14-69-17-18-71-26-31-25-55(54-53-31)4-6-65-8-10-67-12-11-66-9-7-64-5-3-37(58)75-41-33(48)21-30(47)22-34(41)49/h21-23,25,29,35-36,38-40,44,59-60H,1-20,24,26-28H2,(H2,61,62,63)/t29-,35?,36-,38-,39-,40?,44-/m1/s1. The Morgan fingerprint density at radius 3 is 2.03 bits per heavy atom. The van der Waals surface area contributed by atoms with Crippen LogP contribution >= 0.6 is 19.2 Å². The van der Waals surface area contributed by atoms with Crippen molar-refractivity contribution in [2.75, 3.05) is 130 Å². The van der Waals surface area contributed by atoms with Crippen LogP contribution in [0.4, 0.5) is 19.0 Å². The molecule has 26 nitrogen and oxygen atoms in total. The van der Waals surface area contributed by atoms with Crippen molar-refractivity contribution in [3.63, 3.8) is 0 Å². The highest BCUT2D eigenvalue weighted by Gasteiger charge is 2.49. The molecule has 1 aliphatic carbocycles. The molecule has 5 heterocycles. The number of aliphatic hydroxyl groups excluding tert-OH is 2.